The molecule has 0 aliphatic carbocycles. The largest absolute Gasteiger partial charge is 0.354 e. The highest BCUT2D eigenvalue weighted by molar-refractivity contribution is 7.89. The van der Waals surface area contributed by atoms with Crippen LogP contribution in [0.1, 0.15) is 24.2 Å². The fourth-order valence-electron chi connectivity index (χ4n) is 2.18. The Morgan fingerprint density at radius 2 is 2.08 bits per heavy atom. The van der Waals surface area contributed by atoms with E-state index in [1.54, 1.807) is 13.8 Å². The van der Waals surface area contributed by atoms with Gasteiger partial charge in [0, 0.05) is 30.7 Å². The second-order valence-electron chi connectivity index (χ2n) is 6.39. The maximum absolute atomic E-state index is 12.6. The van der Waals surface area contributed by atoms with E-state index < -0.39 is 21.5 Å². The average Bonchev–Trinajstić information content (AvgIpc) is 2.52. The number of amides is 2. The van der Waals surface area contributed by atoms with E-state index in [4.69, 9.17) is 5.73 Å². The average molecular weight is 391 g/mol. The van der Waals surface area contributed by atoms with Gasteiger partial charge in [-0.2, -0.15) is 4.31 Å². The van der Waals surface area contributed by atoms with Crippen molar-refractivity contribution in [1.82, 2.24) is 14.9 Å². The molecule has 140 valence electrons. The maximum atomic E-state index is 12.6. The Bertz CT molecular complexity index is 746. The lowest BCUT2D eigenvalue weighted by Crippen LogP contribution is -2.49. The first-order valence-corrected chi connectivity index (χ1v) is 8.98. The fraction of sp³-hybridized carbons (Fsp3) is 0.467. The molecule has 0 aromatic heterocycles. The lowest BCUT2D eigenvalue weighted by atomic mass is 10.1. The molecule has 1 aliphatic rings. The minimum Gasteiger partial charge on any atom is -0.354 e. The Kier molecular flexibility index (Phi) is 6.95. The number of nitrogens with two attached hydrogens (primary N) is 1. The number of rotatable bonds is 5. The summed E-state index contributed by atoms with van der Waals surface area (Å²) in [5.41, 5.74) is 5.47. The molecule has 2 amide bonds. The molecule has 1 aromatic rings. The SMILES string of the molecule is CC(C)(N)CNC(=O)c1cccc(S(=O)(=O)N2CCNC(=O)C2)c1.Cl. The summed E-state index contributed by atoms with van der Waals surface area (Å²) in [6.45, 7) is 4.05. The molecule has 8 nitrogen and oxygen atoms in total. The predicted octanol–water partition coefficient (Wildman–Crippen LogP) is -0.304. The number of carbonyl (C=O) groups excluding carboxylic acids is 2. The fourth-order valence-corrected chi connectivity index (χ4v) is 3.62. The van der Waals surface area contributed by atoms with E-state index in [9.17, 15) is 18.0 Å². The first-order valence-electron chi connectivity index (χ1n) is 7.53. The van der Waals surface area contributed by atoms with E-state index in [2.05, 4.69) is 10.6 Å². The Balaban J connectivity index is 0.00000312. The van der Waals surface area contributed by atoms with Crippen LogP contribution >= 0.6 is 12.4 Å². The molecule has 0 saturated carbocycles. The second kappa shape index (κ2) is 8.13. The van der Waals surface area contributed by atoms with E-state index >= 15 is 0 Å². The Morgan fingerprint density at radius 3 is 2.68 bits per heavy atom. The first-order chi connectivity index (χ1) is 11.1. The minimum atomic E-state index is -3.83. The summed E-state index contributed by atoms with van der Waals surface area (Å²) >= 11 is 0. The minimum absolute atomic E-state index is 0. The molecule has 10 heteroatoms. The summed E-state index contributed by atoms with van der Waals surface area (Å²) in [4.78, 5) is 23.6. The van der Waals surface area contributed by atoms with Gasteiger partial charge >= 0.3 is 0 Å². The van der Waals surface area contributed by atoms with Crippen molar-refractivity contribution in [2.24, 2.45) is 5.73 Å². The monoisotopic (exact) mass is 390 g/mol. The molecule has 1 heterocycles. The number of benzene rings is 1. The molecule has 0 bridgehead atoms. The highest BCUT2D eigenvalue weighted by Crippen LogP contribution is 2.18. The van der Waals surface area contributed by atoms with Crippen LogP contribution in [0.2, 0.25) is 0 Å². The predicted molar refractivity (Wildman–Crippen MR) is 96.1 cm³/mol. The van der Waals surface area contributed by atoms with E-state index in [0.717, 1.165) is 4.31 Å². The van der Waals surface area contributed by atoms with Crippen molar-refractivity contribution in [3.05, 3.63) is 29.8 Å². The van der Waals surface area contributed by atoms with Crippen LogP contribution in [-0.2, 0) is 14.8 Å². The van der Waals surface area contributed by atoms with Crippen molar-refractivity contribution in [2.75, 3.05) is 26.2 Å². The molecular weight excluding hydrogens is 368 g/mol. The normalized spacial score (nSPS) is 15.9. The van der Waals surface area contributed by atoms with Crippen LogP contribution in [-0.4, -0.2) is 56.3 Å². The van der Waals surface area contributed by atoms with Crippen LogP contribution in [0.5, 0.6) is 0 Å². The third-order valence-corrected chi connectivity index (χ3v) is 5.28. The number of piperazine rings is 1. The molecule has 1 saturated heterocycles. The number of halogens is 1. The van der Waals surface area contributed by atoms with Crippen molar-refractivity contribution >= 4 is 34.2 Å². The van der Waals surface area contributed by atoms with Gasteiger partial charge in [-0.15, -0.1) is 12.4 Å². The van der Waals surface area contributed by atoms with Crippen molar-refractivity contribution in [3.63, 3.8) is 0 Å². The van der Waals surface area contributed by atoms with Crippen LogP contribution in [0.4, 0.5) is 0 Å². The van der Waals surface area contributed by atoms with Crippen molar-refractivity contribution in [2.45, 2.75) is 24.3 Å². The van der Waals surface area contributed by atoms with Crippen LogP contribution in [0.15, 0.2) is 29.2 Å². The van der Waals surface area contributed by atoms with Gasteiger partial charge in [0.15, 0.2) is 0 Å². The van der Waals surface area contributed by atoms with E-state index in [-0.39, 0.29) is 55.0 Å². The van der Waals surface area contributed by atoms with Gasteiger partial charge in [-0.3, -0.25) is 9.59 Å². The zero-order chi connectivity index (χ0) is 18.0. The molecule has 2 rings (SSSR count). The van der Waals surface area contributed by atoms with Gasteiger partial charge in [-0.05, 0) is 32.0 Å². The third kappa shape index (κ3) is 5.67. The quantitative estimate of drug-likeness (QED) is 0.637. The van der Waals surface area contributed by atoms with Gasteiger partial charge in [0.1, 0.15) is 0 Å². The lowest BCUT2D eigenvalue weighted by molar-refractivity contribution is -0.122. The molecule has 4 N–H and O–H groups in total. The molecule has 1 fully saturated rings. The standard InChI is InChI=1S/C15H22N4O4S.ClH/c1-15(2,16)10-18-14(21)11-4-3-5-12(8-11)24(22,23)19-7-6-17-13(20)9-19;/h3-5,8H,6-7,9-10,16H2,1-2H3,(H,17,20)(H,18,21);1H. The first kappa shape index (κ1) is 21.4. The Hall–Kier alpha value is -1.68. The van der Waals surface area contributed by atoms with Crippen LogP contribution in [0, 0.1) is 0 Å². The molecular formula is C15H23ClN4O4S. The van der Waals surface area contributed by atoms with Gasteiger partial charge in [0.2, 0.25) is 15.9 Å². The molecule has 0 radical (unpaired) electrons. The van der Waals surface area contributed by atoms with Crippen LogP contribution < -0.4 is 16.4 Å². The Labute approximate surface area is 153 Å². The van der Waals surface area contributed by atoms with E-state index in [1.165, 1.54) is 24.3 Å². The van der Waals surface area contributed by atoms with E-state index in [1.807, 2.05) is 0 Å². The second-order valence-corrected chi connectivity index (χ2v) is 8.33. The van der Waals surface area contributed by atoms with Gasteiger partial charge in [-0.1, -0.05) is 6.07 Å². The summed E-state index contributed by atoms with van der Waals surface area (Å²) in [5, 5.41) is 5.24. The van der Waals surface area contributed by atoms with Crippen LogP contribution in [0.25, 0.3) is 0 Å². The summed E-state index contributed by atoms with van der Waals surface area (Å²) in [6, 6.07) is 5.74. The van der Waals surface area contributed by atoms with Gasteiger partial charge in [0.05, 0.1) is 11.4 Å². The summed E-state index contributed by atoms with van der Waals surface area (Å²) < 4.78 is 26.3. The topological polar surface area (TPSA) is 122 Å². The zero-order valence-electron chi connectivity index (χ0n) is 14.1. The van der Waals surface area contributed by atoms with Crippen LogP contribution in [0.3, 0.4) is 0 Å². The number of sulfonamides is 1. The van der Waals surface area contributed by atoms with E-state index in [0.29, 0.717) is 0 Å². The number of hydrogen-bond donors (Lipinski definition) is 3. The molecule has 0 atom stereocenters. The number of nitrogens with one attached hydrogen (secondary N) is 2. The lowest BCUT2D eigenvalue weighted by Gasteiger charge is -2.26. The summed E-state index contributed by atoms with van der Waals surface area (Å²) in [5.74, 6) is -0.745. The smallest absolute Gasteiger partial charge is 0.251 e. The summed E-state index contributed by atoms with van der Waals surface area (Å²) in [6.07, 6.45) is 0. The van der Waals surface area contributed by atoms with Gasteiger partial charge in [-0.25, -0.2) is 8.42 Å². The summed E-state index contributed by atoms with van der Waals surface area (Å²) in [7, 11) is -3.83. The molecule has 25 heavy (non-hydrogen) atoms. The Morgan fingerprint density at radius 1 is 1.40 bits per heavy atom. The zero-order valence-corrected chi connectivity index (χ0v) is 15.7. The highest BCUT2D eigenvalue weighted by atomic mass is 35.5. The number of carbonyl (C=O) groups is 2. The maximum Gasteiger partial charge on any atom is 0.251 e. The molecule has 1 aromatic carbocycles. The van der Waals surface area contributed by atoms with Gasteiger partial charge < -0.3 is 16.4 Å². The van der Waals surface area contributed by atoms with Crippen molar-refractivity contribution in [1.29, 1.82) is 0 Å². The molecule has 0 unspecified atom stereocenters. The van der Waals surface area contributed by atoms with Gasteiger partial charge in [0.25, 0.3) is 5.91 Å². The number of nitrogens with zero attached hydrogens (tertiary/aromatic N) is 1. The highest BCUT2D eigenvalue weighted by Gasteiger charge is 2.29. The van der Waals surface area contributed by atoms with Crippen molar-refractivity contribution < 1.29 is 18.0 Å². The molecule has 1 aliphatic heterocycles. The molecule has 0 spiro atoms. The van der Waals surface area contributed by atoms with Crippen molar-refractivity contribution in [3.8, 4) is 0 Å². The number of hydrogen-bond acceptors (Lipinski definition) is 5. The third-order valence-electron chi connectivity index (χ3n) is 3.44.